The minimum atomic E-state index is -0.298. The maximum Gasteiger partial charge on any atom is 0.230 e. The van der Waals surface area contributed by atoms with E-state index >= 15 is 0 Å². The fourth-order valence-corrected chi connectivity index (χ4v) is 5.83. The Bertz CT molecular complexity index is 684. The molecule has 120 valence electrons. The first-order valence-corrected chi connectivity index (χ1v) is 8.83. The molecule has 4 aliphatic rings. The topological polar surface area (TPSA) is 63.4 Å². The Labute approximate surface area is 136 Å². The fourth-order valence-electron chi connectivity index (χ4n) is 5.83. The van der Waals surface area contributed by atoms with Gasteiger partial charge < -0.3 is 10.6 Å². The molecule has 1 aromatic carbocycles. The zero-order valence-electron chi connectivity index (χ0n) is 13.2. The highest BCUT2D eigenvalue weighted by molar-refractivity contribution is 5.99. The second-order valence-electron chi connectivity index (χ2n) is 7.89. The Hall–Kier alpha value is -1.84. The van der Waals surface area contributed by atoms with Crippen LogP contribution in [0.1, 0.15) is 24.8 Å². The molecule has 0 radical (unpaired) electrons. The zero-order valence-corrected chi connectivity index (χ0v) is 13.2. The molecule has 0 aromatic heterocycles. The first-order valence-electron chi connectivity index (χ1n) is 8.83. The molecule has 5 atom stereocenters. The Morgan fingerprint density at radius 3 is 2.48 bits per heavy atom. The first kappa shape index (κ1) is 13.6. The van der Waals surface area contributed by atoms with Gasteiger partial charge in [0.15, 0.2) is 0 Å². The zero-order chi connectivity index (χ0) is 15.7. The lowest BCUT2D eigenvalue weighted by Gasteiger charge is -2.34. The van der Waals surface area contributed by atoms with Crippen molar-refractivity contribution in [3.63, 3.8) is 0 Å². The average Bonchev–Trinajstić information content (AvgIpc) is 3.00. The fraction of sp³-hybridized carbons (Fsp3) is 0.579. The van der Waals surface area contributed by atoms with Crippen molar-refractivity contribution < 1.29 is 9.59 Å². The van der Waals surface area contributed by atoms with Gasteiger partial charge in [-0.05, 0) is 61.0 Å². The van der Waals surface area contributed by atoms with Crippen molar-refractivity contribution in [3.05, 3.63) is 29.8 Å². The van der Waals surface area contributed by atoms with Gasteiger partial charge in [-0.2, -0.15) is 0 Å². The van der Waals surface area contributed by atoms with Crippen LogP contribution in [0.5, 0.6) is 0 Å². The van der Waals surface area contributed by atoms with Crippen molar-refractivity contribution in [2.24, 2.45) is 41.2 Å². The highest BCUT2D eigenvalue weighted by Gasteiger charge is 2.68. The number of carbonyl (C=O) groups is 2. The molecule has 0 spiro atoms. The van der Waals surface area contributed by atoms with E-state index in [0.29, 0.717) is 24.8 Å². The van der Waals surface area contributed by atoms with Crippen LogP contribution in [-0.4, -0.2) is 18.4 Å². The predicted molar refractivity (Wildman–Crippen MR) is 86.5 cm³/mol. The molecule has 2 bridgehead atoms. The van der Waals surface area contributed by atoms with Gasteiger partial charge in [-0.1, -0.05) is 18.2 Å². The van der Waals surface area contributed by atoms with E-state index in [2.05, 4.69) is 0 Å². The number of amides is 2. The molecule has 1 aliphatic heterocycles. The number of primary amides is 1. The third kappa shape index (κ3) is 1.84. The third-order valence-electron chi connectivity index (χ3n) is 6.84. The molecule has 4 nitrogen and oxygen atoms in total. The minimum absolute atomic E-state index is 0.209. The van der Waals surface area contributed by atoms with Gasteiger partial charge in [-0.25, -0.2) is 0 Å². The van der Waals surface area contributed by atoms with Gasteiger partial charge >= 0.3 is 0 Å². The van der Waals surface area contributed by atoms with Crippen molar-refractivity contribution in [2.75, 3.05) is 11.4 Å². The van der Waals surface area contributed by atoms with Gasteiger partial charge in [0, 0.05) is 18.2 Å². The van der Waals surface area contributed by atoms with Crippen molar-refractivity contribution in [1.82, 2.24) is 0 Å². The van der Waals surface area contributed by atoms with Crippen LogP contribution in [0.25, 0.3) is 0 Å². The number of carbonyl (C=O) groups excluding carboxylic acids is 2. The van der Waals surface area contributed by atoms with Gasteiger partial charge in [0.25, 0.3) is 0 Å². The lowest BCUT2D eigenvalue weighted by molar-refractivity contribution is -0.123. The SMILES string of the molecule is NC(=O)C1Cc2ccccc2N(C(=O)C2C3C4CCC(C4)C23)C1. The van der Waals surface area contributed by atoms with E-state index in [4.69, 9.17) is 5.73 Å². The van der Waals surface area contributed by atoms with Crippen molar-refractivity contribution >= 4 is 17.5 Å². The van der Waals surface area contributed by atoms with Gasteiger partial charge in [0.05, 0.1) is 5.92 Å². The number of para-hydroxylation sites is 1. The van der Waals surface area contributed by atoms with Gasteiger partial charge in [0.1, 0.15) is 0 Å². The van der Waals surface area contributed by atoms with Crippen LogP contribution < -0.4 is 10.6 Å². The Morgan fingerprint density at radius 1 is 1.09 bits per heavy atom. The highest BCUT2D eigenvalue weighted by Crippen LogP contribution is 2.69. The summed E-state index contributed by atoms with van der Waals surface area (Å²) in [5, 5.41) is 0. The molecule has 3 aliphatic carbocycles. The molecular weight excluding hydrogens is 288 g/mol. The number of benzene rings is 1. The number of nitrogens with two attached hydrogens (primary N) is 1. The molecule has 3 saturated carbocycles. The molecule has 2 N–H and O–H groups in total. The van der Waals surface area contributed by atoms with E-state index in [1.807, 2.05) is 29.2 Å². The molecule has 1 heterocycles. The first-order chi connectivity index (χ1) is 11.1. The summed E-state index contributed by atoms with van der Waals surface area (Å²) in [7, 11) is 0. The van der Waals surface area contributed by atoms with Crippen molar-refractivity contribution in [2.45, 2.75) is 25.7 Å². The number of nitrogens with zero attached hydrogens (tertiary/aromatic N) is 1. The third-order valence-corrected chi connectivity index (χ3v) is 6.84. The Morgan fingerprint density at radius 2 is 1.78 bits per heavy atom. The molecule has 1 aromatic rings. The molecule has 2 amide bonds. The Kier molecular flexibility index (Phi) is 2.71. The number of anilines is 1. The van der Waals surface area contributed by atoms with E-state index < -0.39 is 0 Å². The van der Waals surface area contributed by atoms with Crippen LogP contribution in [0.2, 0.25) is 0 Å². The molecule has 5 rings (SSSR count). The Balaban J connectivity index is 1.45. The number of hydrogen-bond acceptors (Lipinski definition) is 2. The molecule has 0 saturated heterocycles. The van der Waals surface area contributed by atoms with E-state index in [1.165, 1.54) is 19.3 Å². The van der Waals surface area contributed by atoms with Gasteiger partial charge in [0.2, 0.25) is 11.8 Å². The van der Waals surface area contributed by atoms with Crippen LogP contribution in [0.4, 0.5) is 5.69 Å². The summed E-state index contributed by atoms with van der Waals surface area (Å²) in [6.07, 6.45) is 4.63. The maximum atomic E-state index is 13.2. The van der Waals surface area contributed by atoms with Crippen LogP contribution in [0.15, 0.2) is 24.3 Å². The molecule has 3 fully saturated rings. The van der Waals surface area contributed by atoms with Crippen LogP contribution >= 0.6 is 0 Å². The summed E-state index contributed by atoms with van der Waals surface area (Å²) >= 11 is 0. The summed E-state index contributed by atoms with van der Waals surface area (Å²) in [5.41, 5.74) is 7.61. The highest BCUT2D eigenvalue weighted by atomic mass is 16.2. The van der Waals surface area contributed by atoms with Gasteiger partial charge in [-0.3, -0.25) is 9.59 Å². The average molecular weight is 310 g/mol. The maximum absolute atomic E-state index is 13.2. The quantitative estimate of drug-likeness (QED) is 0.907. The largest absolute Gasteiger partial charge is 0.369 e. The van der Waals surface area contributed by atoms with Crippen LogP contribution in [-0.2, 0) is 16.0 Å². The molecule has 23 heavy (non-hydrogen) atoms. The summed E-state index contributed by atoms with van der Waals surface area (Å²) in [4.78, 5) is 26.8. The summed E-state index contributed by atoms with van der Waals surface area (Å²) in [5.74, 6) is 2.72. The second kappa shape index (κ2) is 4.59. The minimum Gasteiger partial charge on any atom is -0.369 e. The van der Waals surface area contributed by atoms with E-state index in [9.17, 15) is 9.59 Å². The van der Waals surface area contributed by atoms with E-state index in [-0.39, 0.29) is 23.7 Å². The number of rotatable bonds is 2. The van der Waals surface area contributed by atoms with E-state index in [0.717, 1.165) is 23.1 Å². The van der Waals surface area contributed by atoms with Gasteiger partial charge in [-0.15, -0.1) is 0 Å². The lowest BCUT2D eigenvalue weighted by atomic mass is 9.91. The van der Waals surface area contributed by atoms with E-state index in [1.54, 1.807) is 0 Å². The summed E-state index contributed by atoms with van der Waals surface area (Å²) in [6, 6.07) is 7.97. The smallest absolute Gasteiger partial charge is 0.230 e. The number of hydrogen-bond donors (Lipinski definition) is 1. The number of fused-ring (bicyclic) bond motifs is 6. The molecular formula is C19H22N2O2. The summed E-state index contributed by atoms with van der Waals surface area (Å²) in [6.45, 7) is 0.455. The lowest BCUT2D eigenvalue weighted by Crippen LogP contribution is -2.45. The summed E-state index contributed by atoms with van der Waals surface area (Å²) < 4.78 is 0. The normalized spacial score (nSPS) is 39.7. The van der Waals surface area contributed by atoms with Crippen molar-refractivity contribution in [3.8, 4) is 0 Å². The second-order valence-corrected chi connectivity index (χ2v) is 7.89. The van der Waals surface area contributed by atoms with Crippen LogP contribution in [0, 0.1) is 35.5 Å². The van der Waals surface area contributed by atoms with Crippen LogP contribution in [0.3, 0.4) is 0 Å². The molecule has 4 heteroatoms. The standard InChI is InChI=1S/C19H22N2O2/c20-18(22)13-7-10-3-1-2-4-14(10)21(9-13)19(23)17-15-11-5-6-12(8-11)16(15)17/h1-4,11-13,15-17H,5-9H2,(H2,20,22). The predicted octanol–water partition coefficient (Wildman–Crippen LogP) is 1.97. The monoisotopic (exact) mass is 310 g/mol. The van der Waals surface area contributed by atoms with Crippen molar-refractivity contribution in [1.29, 1.82) is 0 Å². The molecule has 5 unspecified atom stereocenters.